The number of amides is 3. The number of alkyl halides is 3. The largest absolute Gasteiger partial charge is 0.493 e. The second-order valence-corrected chi connectivity index (χ2v) is 12.3. The van der Waals surface area contributed by atoms with Gasteiger partial charge in [0, 0.05) is 60.8 Å². The first-order valence-corrected chi connectivity index (χ1v) is 15.1. The molecule has 3 N–H and O–H groups in total. The molecule has 4 aromatic rings. The molecule has 46 heavy (non-hydrogen) atoms. The van der Waals surface area contributed by atoms with Gasteiger partial charge in [-0.05, 0) is 70.4 Å². The highest BCUT2D eigenvalue weighted by Gasteiger charge is 2.45. The third-order valence-corrected chi connectivity index (χ3v) is 8.99. The molecule has 0 aliphatic carbocycles. The van der Waals surface area contributed by atoms with E-state index in [0.29, 0.717) is 29.1 Å². The summed E-state index contributed by atoms with van der Waals surface area (Å²) in [6.07, 6.45) is 2.35. The number of hydrogen-bond donors (Lipinski definition) is 2. The summed E-state index contributed by atoms with van der Waals surface area (Å²) in [6.45, 7) is 6.75. The standard InChI is InChI=1S/C32H35F3N8O3/c1-5-46-23-14-18(29(44)39-24-15-20(10-11-37-24)32(33,34)35)7-9-22(23)25-26-27(36)38-12-13-42(26)28(40-25)19-6-8-21-16-31(2,3)41(4)30(45)43(21)17-19/h7,9-15,19,21H,5-6,8,16-17H2,1-4H3,(H2,36,38)(H,37,39,44). The fourth-order valence-electron chi connectivity index (χ4n) is 6.41. The fourth-order valence-corrected chi connectivity index (χ4v) is 6.41. The number of hydrogen-bond acceptors (Lipinski definition) is 7. The molecule has 3 amide bonds. The van der Waals surface area contributed by atoms with E-state index in [2.05, 4.69) is 29.1 Å². The van der Waals surface area contributed by atoms with Gasteiger partial charge in [0.15, 0.2) is 0 Å². The molecule has 2 fully saturated rings. The van der Waals surface area contributed by atoms with E-state index in [-0.39, 0.29) is 47.3 Å². The zero-order valence-electron chi connectivity index (χ0n) is 25.9. The summed E-state index contributed by atoms with van der Waals surface area (Å²) in [6, 6.07) is 6.47. The SMILES string of the molecule is CCOc1cc(C(=O)Nc2cc(C(F)(F)F)ccn2)ccc1-c1nc(C2CCC3CC(C)(C)N(C)C(=O)N3C2)n2ccnc(N)c12. The minimum Gasteiger partial charge on any atom is -0.493 e. The predicted molar refractivity (Wildman–Crippen MR) is 166 cm³/mol. The normalized spacial score (nSPS) is 19.7. The Hall–Kier alpha value is -4.88. The van der Waals surface area contributed by atoms with E-state index >= 15 is 0 Å². The number of nitrogens with zero attached hydrogens (tertiary/aromatic N) is 6. The number of anilines is 2. The number of halogens is 3. The number of fused-ring (bicyclic) bond motifs is 2. The second kappa shape index (κ2) is 11.5. The first kappa shape index (κ1) is 31.1. The van der Waals surface area contributed by atoms with Gasteiger partial charge in [0.25, 0.3) is 5.91 Å². The quantitative estimate of drug-likeness (QED) is 0.273. The molecule has 2 atom stereocenters. The van der Waals surface area contributed by atoms with Crippen molar-refractivity contribution in [3.05, 3.63) is 65.9 Å². The summed E-state index contributed by atoms with van der Waals surface area (Å²) in [4.78, 5) is 43.4. The van der Waals surface area contributed by atoms with Gasteiger partial charge < -0.3 is 25.6 Å². The Morgan fingerprint density at radius 1 is 1.15 bits per heavy atom. The van der Waals surface area contributed by atoms with Crippen LogP contribution >= 0.6 is 0 Å². The minimum absolute atomic E-state index is 0.000968. The van der Waals surface area contributed by atoms with Gasteiger partial charge in [0.1, 0.15) is 34.4 Å². The topological polar surface area (TPSA) is 131 Å². The van der Waals surface area contributed by atoms with Gasteiger partial charge >= 0.3 is 12.2 Å². The zero-order valence-corrected chi connectivity index (χ0v) is 25.9. The Morgan fingerprint density at radius 3 is 2.67 bits per heavy atom. The summed E-state index contributed by atoms with van der Waals surface area (Å²) < 4.78 is 47.4. The van der Waals surface area contributed by atoms with E-state index < -0.39 is 17.6 Å². The number of aromatic nitrogens is 4. The van der Waals surface area contributed by atoms with Crippen molar-refractivity contribution in [2.24, 2.45) is 0 Å². The van der Waals surface area contributed by atoms with Gasteiger partial charge in [0.05, 0.1) is 12.2 Å². The Labute approximate surface area is 263 Å². The zero-order chi connectivity index (χ0) is 33.0. The second-order valence-electron chi connectivity index (χ2n) is 12.3. The highest BCUT2D eigenvalue weighted by molar-refractivity contribution is 6.04. The monoisotopic (exact) mass is 636 g/mol. The van der Waals surface area contributed by atoms with Crippen molar-refractivity contribution in [2.75, 3.05) is 31.2 Å². The molecule has 1 aromatic carbocycles. The highest BCUT2D eigenvalue weighted by Crippen LogP contribution is 2.41. The molecule has 14 heteroatoms. The summed E-state index contributed by atoms with van der Waals surface area (Å²) >= 11 is 0. The molecular weight excluding hydrogens is 601 g/mol. The van der Waals surface area contributed by atoms with Crippen LogP contribution in [0.2, 0.25) is 0 Å². The van der Waals surface area contributed by atoms with Crippen LogP contribution in [0.5, 0.6) is 5.75 Å². The predicted octanol–water partition coefficient (Wildman–Crippen LogP) is 5.83. The van der Waals surface area contributed by atoms with Crippen LogP contribution in [0.4, 0.5) is 29.6 Å². The van der Waals surface area contributed by atoms with Gasteiger partial charge in [-0.3, -0.25) is 9.20 Å². The van der Waals surface area contributed by atoms with Crippen LogP contribution in [-0.2, 0) is 6.18 Å². The Bertz CT molecular complexity index is 1820. The van der Waals surface area contributed by atoms with Crippen molar-refractivity contribution in [3.8, 4) is 17.0 Å². The van der Waals surface area contributed by atoms with E-state index in [1.54, 1.807) is 30.3 Å². The third-order valence-electron chi connectivity index (χ3n) is 8.99. The number of nitrogens with two attached hydrogens (primary N) is 1. The van der Waals surface area contributed by atoms with Crippen molar-refractivity contribution >= 4 is 29.1 Å². The molecule has 0 spiro atoms. The van der Waals surface area contributed by atoms with Gasteiger partial charge in [-0.25, -0.2) is 19.7 Å². The van der Waals surface area contributed by atoms with Crippen LogP contribution < -0.4 is 15.8 Å². The lowest BCUT2D eigenvalue weighted by molar-refractivity contribution is -0.137. The average Bonchev–Trinajstić information content (AvgIpc) is 3.40. The maximum atomic E-state index is 13.4. The first-order chi connectivity index (χ1) is 21.8. The molecule has 2 aliphatic heterocycles. The van der Waals surface area contributed by atoms with Gasteiger partial charge in [-0.15, -0.1) is 0 Å². The first-order valence-electron chi connectivity index (χ1n) is 15.1. The molecule has 2 aliphatic rings. The highest BCUT2D eigenvalue weighted by atomic mass is 19.4. The lowest BCUT2D eigenvalue weighted by Gasteiger charge is -2.52. The molecule has 0 bridgehead atoms. The van der Waals surface area contributed by atoms with Gasteiger partial charge in [-0.1, -0.05) is 0 Å². The molecule has 11 nitrogen and oxygen atoms in total. The number of rotatable bonds is 6. The van der Waals surface area contributed by atoms with E-state index in [1.807, 2.05) is 16.3 Å². The average molecular weight is 637 g/mol. The summed E-state index contributed by atoms with van der Waals surface area (Å²) in [7, 11) is 1.84. The molecule has 5 heterocycles. The number of carbonyl (C=O) groups excluding carboxylic acids is 2. The molecule has 242 valence electrons. The molecule has 3 aromatic heterocycles. The van der Waals surface area contributed by atoms with Gasteiger partial charge in [-0.2, -0.15) is 13.2 Å². The molecule has 2 saturated heterocycles. The maximum absolute atomic E-state index is 13.4. The van der Waals surface area contributed by atoms with Crippen LogP contribution in [0.15, 0.2) is 48.9 Å². The number of pyridine rings is 1. The van der Waals surface area contributed by atoms with Crippen molar-refractivity contribution in [1.29, 1.82) is 0 Å². The Kier molecular flexibility index (Phi) is 7.77. The van der Waals surface area contributed by atoms with Gasteiger partial charge in [0.2, 0.25) is 0 Å². The number of nitrogen functional groups attached to an aromatic ring is 1. The van der Waals surface area contributed by atoms with Crippen LogP contribution in [-0.4, -0.2) is 72.9 Å². The Morgan fingerprint density at radius 2 is 1.93 bits per heavy atom. The number of nitrogens with one attached hydrogen (secondary N) is 1. The summed E-state index contributed by atoms with van der Waals surface area (Å²) in [5.74, 6) is 0.353. The number of imidazole rings is 1. The fraction of sp³-hybridized carbons (Fsp3) is 0.406. The Balaban J connectivity index is 1.34. The lowest BCUT2D eigenvalue weighted by Crippen LogP contribution is -2.63. The number of urea groups is 1. The van der Waals surface area contributed by atoms with Crippen molar-refractivity contribution in [2.45, 2.75) is 63.7 Å². The van der Waals surface area contributed by atoms with Crippen molar-refractivity contribution in [1.82, 2.24) is 29.2 Å². The minimum atomic E-state index is -4.58. The maximum Gasteiger partial charge on any atom is 0.416 e. The number of piperidine rings is 1. The molecule has 0 radical (unpaired) electrons. The number of carbonyl (C=O) groups is 2. The van der Waals surface area contributed by atoms with Crippen LogP contribution in [0.3, 0.4) is 0 Å². The molecule has 6 rings (SSSR count). The molecular formula is C32H35F3N8O3. The summed E-state index contributed by atoms with van der Waals surface area (Å²) in [5.41, 5.74) is 7.03. The van der Waals surface area contributed by atoms with Crippen molar-refractivity contribution < 1.29 is 27.5 Å². The summed E-state index contributed by atoms with van der Waals surface area (Å²) in [5, 5.41) is 2.43. The van der Waals surface area contributed by atoms with Crippen LogP contribution in [0.1, 0.15) is 67.7 Å². The number of ether oxygens (including phenoxy) is 1. The molecule has 0 saturated carbocycles. The smallest absolute Gasteiger partial charge is 0.416 e. The van der Waals surface area contributed by atoms with E-state index in [0.717, 1.165) is 43.4 Å². The van der Waals surface area contributed by atoms with E-state index in [1.165, 1.54) is 12.1 Å². The van der Waals surface area contributed by atoms with E-state index in [9.17, 15) is 22.8 Å². The van der Waals surface area contributed by atoms with Crippen LogP contribution in [0, 0.1) is 0 Å². The van der Waals surface area contributed by atoms with Crippen molar-refractivity contribution in [3.63, 3.8) is 0 Å². The lowest BCUT2D eigenvalue weighted by atomic mass is 9.82. The number of benzene rings is 1. The van der Waals surface area contributed by atoms with E-state index in [4.69, 9.17) is 15.5 Å². The molecule has 2 unspecified atom stereocenters. The third kappa shape index (κ3) is 5.56. The van der Waals surface area contributed by atoms with Crippen LogP contribution in [0.25, 0.3) is 16.8 Å².